The minimum Gasteiger partial charge on any atom is -0.457 e. The van der Waals surface area contributed by atoms with Gasteiger partial charge in [-0.3, -0.25) is 9.59 Å². The molecule has 1 aliphatic rings. The van der Waals surface area contributed by atoms with Crippen LogP contribution in [0.15, 0.2) is 11.4 Å². The number of Topliss-reactive ketones (excluding diaryl/α,β-unsaturated/α-hetero) is 2. The molecule has 0 aliphatic heterocycles. The van der Waals surface area contributed by atoms with Crippen LogP contribution in [-0.2, 0) is 33.5 Å². The molecule has 158 valence electrons. The van der Waals surface area contributed by atoms with Crippen molar-refractivity contribution < 1.29 is 33.5 Å². The van der Waals surface area contributed by atoms with Crippen LogP contribution in [0.5, 0.6) is 0 Å². The van der Waals surface area contributed by atoms with E-state index in [0.717, 1.165) is 11.3 Å². The predicted octanol–water partition coefficient (Wildman–Crippen LogP) is 1.41. The summed E-state index contributed by atoms with van der Waals surface area (Å²) >= 11 is 0.922. The Balaban J connectivity index is 2.26. The number of esters is 2. The summed E-state index contributed by atoms with van der Waals surface area (Å²) in [4.78, 5) is 57.7. The van der Waals surface area contributed by atoms with Crippen molar-refractivity contribution in [1.29, 1.82) is 0 Å². The number of ether oxygens (including phenoxy) is 2. The van der Waals surface area contributed by atoms with E-state index in [2.05, 4.69) is 10.1 Å². The average Bonchev–Trinajstić information content (AvgIpc) is 3.14. The Bertz CT molecular complexity index is 851. The molecule has 1 fully saturated rings. The normalized spacial score (nSPS) is 16.1. The van der Waals surface area contributed by atoms with Gasteiger partial charge in [0.05, 0.1) is 11.1 Å². The SMILES string of the molecule is CC(C)(C)OC(=O)C(C)(C)O/N=C(\C(=O)OC1C(=O)CCC1=O)c1cnc(N)s1. The zero-order valence-electron chi connectivity index (χ0n) is 16.8. The lowest BCUT2D eigenvalue weighted by atomic mass is 10.1. The Morgan fingerprint density at radius 2 is 1.76 bits per heavy atom. The summed E-state index contributed by atoms with van der Waals surface area (Å²) < 4.78 is 10.3. The minimum absolute atomic E-state index is 0.0128. The first-order valence-corrected chi connectivity index (χ1v) is 9.59. The second-order valence-electron chi connectivity index (χ2n) is 7.82. The lowest BCUT2D eigenvalue weighted by molar-refractivity contribution is -0.179. The van der Waals surface area contributed by atoms with Gasteiger partial charge in [-0.15, -0.1) is 0 Å². The van der Waals surface area contributed by atoms with Gasteiger partial charge in [-0.2, -0.15) is 0 Å². The molecular weight excluding hydrogens is 402 g/mol. The van der Waals surface area contributed by atoms with Crippen LogP contribution in [0.25, 0.3) is 0 Å². The number of carbonyl (C=O) groups is 4. The number of nitrogens with two attached hydrogens (primary N) is 1. The first-order valence-electron chi connectivity index (χ1n) is 8.78. The topological polar surface area (TPSA) is 147 Å². The van der Waals surface area contributed by atoms with E-state index in [0.29, 0.717) is 0 Å². The maximum Gasteiger partial charge on any atom is 0.363 e. The first kappa shape index (κ1) is 22.5. The van der Waals surface area contributed by atoms with Crippen LogP contribution < -0.4 is 5.73 Å². The number of carbonyl (C=O) groups excluding carboxylic acids is 4. The molecule has 0 bridgehead atoms. The van der Waals surface area contributed by atoms with E-state index < -0.39 is 40.8 Å². The van der Waals surface area contributed by atoms with Crippen LogP contribution in [0.1, 0.15) is 52.3 Å². The fourth-order valence-electron chi connectivity index (χ4n) is 2.16. The molecule has 2 N–H and O–H groups in total. The molecule has 0 radical (unpaired) electrons. The number of aromatic nitrogens is 1. The summed E-state index contributed by atoms with van der Waals surface area (Å²) in [5.74, 6) is -2.74. The van der Waals surface area contributed by atoms with Crippen molar-refractivity contribution in [3.63, 3.8) is 0 Å². The molecule has 0 atom stereocenters. The molecule has 0 amide bonds. The monoisotopic (exact) mass is 425 g/mol. The van der Waals surface area contributed by atoms with E-state index in [9.17, 15) is 19.2 Å². The minimum atomic E-state index is -1.53. The zero-order valence-corrected chi connectivity index (χ0v) is 17.6. The number of oxime groups is 1. The molecular formula is C18H23N3O7S. The lowest BCUT2D eigenvalue weighted by Crippen LogP contribution is -2.40. The van der Waals surface area contributed by atoms with Crippen molar-refractivity contribution in [3.8, 4) is 0 Å². The van der Waals surface area contributed by atoms with E-state index in [4.69, 9.17) is 20.0 Å². The fraction of sp³-hybridized carbons (Fsp3) is 0.556. The molecule has 0 aromatic carbocycles. The number of ketones is 2. The Labute approximate surface area is 171 Å². The third-order valence-electron chi connectivity index (χ3n) is 3.63. The van der Waals surface area contributed by atoms with Gasteiger partial charge in [0.1, 0.15) is 5.60 Å². The maximum absolute atomic E-state index is 12.6. The molecule has 11 heteroatoms. The second kappa shape index (κ2) is 8.27. The van der Waals surface area contributed by atoms with Crippen molar-refractivity contribution in [2.75, 3.05) is 5.73 Å². The second-order valence-corrected chi connectivity index (χ2v) is 8.89. The van der Waals surface area contributed by atoms with Gasteiger partial charge >= 0.3 is 11.9 Å². The summed E-state index contributed by atoms with van der Waals surface area (Å²) in [6, 6.07) is 0. The summed E-state index contributed by atoms with van der Waals surface area (Å²) in [6.45, 7) is 7.92. The van der Waals surface area contributed by atoms with Crippen molar-refractivity contribution in [1.82, 2.24) is 4.98 Å². The molecule has 0 spiro atoms. The van der Waals surface area contributed by atoms with Gasteiger partial charge in [0.25, 0.3) is 0 Å². The molecule has 0 saturated heterocycles. The molecule has 1 aromatic rings. The number of hydrogen-bond acceptors (Lipinski definition) is 11. The highest BCUT2D eigenvalue weighted by molar-refractivity contribution is 7.18. The van der Waals surface area contributed by atoms with E-state index in [1.54, 1.807) is 20.8 Å². The molecule has 2 rings (SSSR count). The van der Waals surface area contributed by atoms with Crippen molar-refractivity contribution in [2.45, 2.75) is 64.8 Å². The van der Waals surface area contributed by atoms with Crippen LogP contribution in [0.3, 0.4) is 0 Å². The third-order valence-corrected chi connectivity index (χ3v) is 4.47. The standard InChI is InChI=1S/C18H23N3O7S/c1-17(2,3)27-15(25)18(4,5)28-21-12(11-8-20-16(19)29-11)14(24)26-13-9(22)6-7-10(13)23/h8,13H,6-7H2,1-5H3,(H2,19,20)/b21-12-. The average molecular weight is 425 g/mol. The summed E-state index contributed by atoms with van der Waals surface area (Å²) in [5.41, 5.74) is 2.94. The van der Waals surface area contributed by atoms with Gasteiger partial charge in [0.2, 0.25) is 17.4 Å². The van der Waals surface area contributed by atoms with Gasteiger partial charge in [-0.25, -0.2) is 14.6 Å². The molecule has 0 unspecified atom stereocenters. The van der Waals surface area contributed by atoms with Crippen LogP contribution in [0, 0.1) is 0 Å². The molecule has 1 heterocycles. The number of anilines is 1. The van der Waals surface area contributed by atoms with E-state index in [-0.39, 0.29) is 28.6 Å². The highest BCUT2D eigenvalue weighted by atomic mass is 32.1. The van der Waals surface area contributed by atoms with Crippen LogP contribution >= 0.6 is 11.3 Å². The number of thiazole rings is 1. The number of rotatable bonds is 6. The number of hydrogen-bond donors (Lipinski definition) is 1. The molecule has 1 saturated carbocycles. The largest absolute Gasteiger partial charge is 0.457 e. The number of nitrogen functional groups attached to an aromatic ring is 1. The van der Waals surface area contributed by atoms with Gasteiger partial charge in [-0.05, 0) is 34.6 Å². The highest BCUT2D eigenvalue weighted by Crippen LogP contribution is 2.22. The lowest BCUT2D eigenvalue weighted by Gasteiger charge is -2.26. The van der Waals surface area contributed by atoms with Gasteiger partial charge in [0, 0.05) is 12.8 Å². The summed E-state index contributed by atoms with van der Waals surface area (Å²) in [7, 11) is 0. The Hall–Kier alpha value is -2.82. The van der Waals surface area contributed by atoms with E-state index >= 15 is 0 Å². The number of nitrogens with zero attached hydrogens (tertiary/aromatic N) is 2. The van der Waals surface area contributed by atoms with Crippen molar-refractivity contribution in [2.24, 2.45) is 5.16 Å². The highest BCUT2D eigenvalue weighted by Gasteiger charge is 2.39. The Kier molecular flexibility index (Phi) is 6.41. The molecule has 10 nitrogen and oxygen atoms in total. The van der Waals surface area contributed by atoms with Crippen LogP contribution in [0.2, 0.25) is 0 Å². The molecule has 1 aromatic heterocycles. The van der Waals surface area contributed by atoms with Crippen LogP contribution in [0.4, 0.5) is 5.13 Å². The zero-order chi connectivity index (χ0) is 22.0. The van der Waals surface area contributed by atoms with Gasteiger partial charge in [0.15, 0.2) is 16.7 Å². The van der Waals surface area contributed by atoms with Crippen LogP contribution in [-0.4, -0.2) is 51.5 Å². The smallest absolute Gasteiger partial charge is 0.363 e. The van der Waals surface area contributed by atoms with Gasteiger partial charge < -0.3 is 20.0 Å². The first-order chi connectivity index (χ1) is 13.3. The predicted molar refractivity (Wildman–Crippen MR) is 103 cm³/mol. The Morgan fingerprint density at radius 1 is 1.17 bits per heavy atom. The van der Waals surface area contributed by atoms with Crippen molar-refractivity contribution >= 4 is 45.7 Å². The van der Waals surface area contributed by atoms with Crippen molar-refractivity contribution in [3.05, 3.63) is 11.1 Å². The Morgan fingerprint density at radius 3 is 2.24 bits per heavy atom. The van der Waals surface area contributed by atoms with E-state index in [1.807, 2.05) is 0 Å². The summed E-state index contributed by atoms with van der Waals surface area (Å²) in [5, 5.41) is 3.91. The maximum atomic E-state index is 12.6. The molecule has 29 heavy (non-hydrogen) atoms. The van der Waals surface area contributed by atoms with E-state index in [1.165, 1.54) is 20.0 Å². The summed E-state index contributed by atoms with van der Waals surface area (Å²) in [6.07, 6.45) is -0.183. The third kappa shape index (κ3) is 5.83. The quantitative estimate of drug-likeness (QED) is 0.309. The molecule has 1 aliphatic carbocycles. The fourth-order valence-corrected chi connectivity index (χ4v) is 2.81. The van der Waals surface area contributed by atoms with Gasteiger partial charge in [-0.1, -0.05) is 16.5 Å².